The Bertz CT molecular complexity index is 652. The van der Waals surface area contributed by atoms with Gasteiger partial charge in [-0.25, -0.2) is 4.79 Å². The number of aromatic carboxylic acids is 1. The Balaban J connectivity index is 2.73. The van der Waals surface area contributed by atoms with Crippen LogP contribution in [0.3, 0.4) is 0 Å². The number of ether oxygens (including phenoxy) is 1. The molecule has 0 atom stereocenters. The second-order valence-electron chi connectivity index (χ2n) is 3.78. The quantitative estimate of drug-likeness (QED) is 0.912. The predicted molar refractivity (Wildman–Crippen MR) is 60.3 cm³/mol. The van der Waals surface area contributed by atoms with Crippen molar-refractivity contribution in [3.05, 3.63) is 35.5 Å². The van der Waals surface area contributed by atoms with E-state index in [-0.39, 0.29) is 22.2 Å². The second-order valence-corrected chi connectivity index (χ2v) is 3.78. The van der Waals surface area contributed by atoms with Crippen molar-refractivity contribution in [2.75, 3.05) is 7.11 Å². The SMILES string of the molecule is COc1cc(C(=O)O)cc2cc(C(F)(F)F)cnc12. The standard InChI is InChI=1S/C12H8F3NO3/c1-19-9-4-7(11(17)18)2-6-3-8(12(13,14)15)5-16-10(6)9/h2-5H,1H3,(H,17,18). The third-order valence-corrected chi connectivity index (χ3v) is 2.54. The lowest BCUT2D eigenvalue weighted by Gasteiger charge is -2.10. The first kappa shape index (κ1) is 13.1. The van der Waals surface area contributed by atoms with Crippen molar-refractivity contribution >= 4 is 16.9 Å². The molecule has 0 fully saturated rings. The van der Waals surface area contributed by atoms with Crippen LogP contribution in [-0.2, 0) is 6.18 Å². The Kier molecular flexibility index (Phi) is 3.05. The molecule has 1 aromatic heterocycles. The predicted octanol–water partition coefficient (Wildman–Crippen LogP) is 2.96. The highest BCUT2D eigenvalue weighted by Gasteiger charge is 2.31. The van der Waals surface area contributed by atoms with Crippen LogP contribution in [0.2, 0.25) is 0 Å². The van der Waals surface area contributed by atoms with E-state index < -0.39 is 17.7 Å². The minimum absolute atomic E-state index is 0.0616. The van der Waals surface area contributed by atoms with Gasteiger partial charge in [0.25, 0.3) is 0 Å². The fourth-order valence-corrected chi connectivity index (χ4v) is 1.65. The van der Waals surface area contributed by atoms with Crippen LogP contribution in [0, 0.1) is 0 Å². The molecule has 2 rings (SSSR count). The molecule has 19 heavy (non-hydrogen) atoms. The van der Waals surface area contributed by atoms with Gasteiger partial charge in [-0.1, -0.05) is 0 Å². The molecule has 0 amide bonds. The zero-order chi connectivity index (χ0) is 14.2. The smallest absolute Gasteiger partial charge is 0.417 e. The van der Waals surface area contributed by atoms with Crippen LogP contribution in [0.15, 0.2) is 24.4 Å². The number of methoxy groups -OCH3 is 1. The van der Waals surface area contributed by atoms with Crippen LogP contribution in [0.25, 0.3) is 10.9 Å². The summed E-state index contributed by atoms with van der Waals surface area (Å²) in [5.74, 6) is -1.14. The minimum Gasteiger partial charge on any atom is -0.494 e. The Labute approximate surface area is 105 Å². The summed E-state index contributed by atoms with van der Waals surface area (Å²) in [6.07, 6.45) is -3.85. The van der Waals surface area contributed by atoms with Gasteiger partial charge in [0, 0.05) is 11.6 Å². The van der Waals surface area contributed by atoms with E-state index in [1.54, 1.807) is 0 Å². The molecule has 7 heteroatoms. The lowest BCUT2D eigenvalue weighted by Crippen LogP contribution is -2.06. The highest BCUT2D eigenvalue weighted by Crippen LogP contribution is 2.33. The maximum atomic E-state index is 12.6. The molecule has 4 nitrogen and oxygen atoms in total. The van der Waals surface area contributed by atoms with Gasteiger partial charge >= 0.3 is 12.1 Å². The largest absolute Gasteiger partial charge is 0.494 e. The number of carboxylic acids is 1. The van der Waals surface area contributed by atoms with Gasteiger partial charge in [-0.05, 0) is 18.2 Å². The van der Waals surface area contributed by atoms with Crippen LogP contribution in [0.1, 0.15) is 15.9 Å². The van der Waals surface area contributed by atoms with Crippen LogP contribution in [-0.4, -0.2) is 23.2 Å². The number of hydrogen-bond donors (Lipinski definition) is 1. The Morgan fingerprint density at radius 2 is 2.00 bits per heavy atom. The third kappa shape index (κ3) is 2.44. The molecular formula is C12H8F3NO3. The minimum atomic E-state index is -4.53. The van der Waals surface area contributed by atoms with Crippen molar-refractivity contribution in [1.29, 1.82) is 0 Å². The summed E-state index contributed by atoms with van der Waals surface area (Å²) in [5.41, 5.74) is -0.921. The zero-order valence-electron chi connectivity index (χ0n) is 9.65. The fourth-order valence-electron chi connectivity index (χ4n) is 1.65. The Hall–Kier alpha value is -2.31. The van der Waals surface area contributed by atoms with E-state index in [2.05, 4.69) is 4.98 Å². The van der Waals surface area contributed by atoms with E-state index in [9.17, 15) is 18.0 Å². The summed E-state index contributed by atoms with van der Waals surface area (Å²) in [6.45, 7) is 0. The molecule has 1 N–H and O–H groups in total. The number of carbonyl (C=O) groups is 1. The molecule has 0 aliphatic heterocycles. The number of hydrogen-bond acceptors (Lipinski definition) is 3. The summed E-state index contributed by atoms with van der Waals surface area (Å²) in [5, 5.41) is 8.96. The van der Waals surface area contributed by atoms with Crippen molar-refractivity contribution in [1.82, 2.24) is 4.98 Å². The van der Waals surface area contributed by atoms with E-state index in [0.717, 1.165) is 12.1 Å². The molecule has 0 saturated heterocycles. The summed E-state index contributed by atoms with van der Waals surface area (Å²) in [7, 11) is 1.29. The van der Waals surface area contributed by atoms with Crippen molar-refractivity contribution < 1.29 is 27.8 Å². The highest BCUT2D eigenvalue weighted by atomic mass is 19.4. The molecule has 0 aliphatic carbocycles. The highest BCUT2D eigenvalue weighted by molar-refractivity contribution is 5.96. The normalized spacial score (nSPS) is 11.6. The lowest BCUT2D eigenvalue weighted by molar-refractivity contribution is -0.137. The maximum Gasteiger partial charge on any atom is 0.417 e. The number of halogens is 3. The number of fused-ring (bicyclic) bond motifs is 1. The summed E-state index contributed by atoms with van der Waals surface area (Å²) >= 11 is 0. The van der Waals surface area contributed by atoms with Gasteiger partial charge in [0.1, 0.15) is 11.3 Å². The fraction of sp³-hybridized carbons (Fsp3) is 0.167. The molecule has 0 spiro atoms. The van der Waals surface area contributed by atoms with Gasteiger partial charge in [-0.3, -0.25) is 4.98 Å². The molecule has 0 unspecified atom stereocenters. The van der Waals surface area contributed by atoms with Gasteiger partial charge in [0.05, 0.1) is 18.2 Å². The molecule has 0 bridgehead atoms. The van der Waals surface area contributed by atoms with Crippen LogP contribution in [0.5, 0.6) is 5.75 Å². The average Bonchev–Trinajstić information content (AvgIpc) is 2.35. The molecule has 0 saturated carbocycles. The van der Waals surface area contributed by atoms with E-state index in [0.29, 0.717) is 6.20 Å². The van der Waals surface area contributed by atoms with E-state index >= 15 is 0 Å². The van der Waals surface area contributed by atoms with Crippen molar-refractivity contribution in [2.24, 2.45) is 0 Å². The van der Waals surface area contributed by atoms with Gasteiger partial charge in [-0.2, -0.15) is 13.2 Å². The Morgan fingerprint density at radius 3 is 2.53 bits per heavy atom. The molecular weight excluding hydrogens is 263 g/mol. The van der Waals surface area contributed by atoms with Gasteiger partial charge in [0.2, 0.25) is 0 Å². The maximum absolute atomic E-state index is 12.6. The third-order valence-electron chi connectivity index (χ3n) is 2.54. The first-order valence-electron chi connectivity index (χ1n) is 5.11. The van der Waals surface area contributed by atoms with Crippen LogP contribution >= 0.6 is 0 Å². The molecule has 1 aromatic carbocycles. The first-order chi connectivity index (χ1) is 8.82. The van der Waals surface area contributed by atoms with Gasteiger partial charge in [-0.15, -0.1) is 0 Å². The monoisotopic (exact) mass is 271 g/mol. The Morgan fingerprint density at radius 1 is 1.32 bits per heavy atom. The number of pyridine rings is 1. The lowest BCUT2D eigenvalue weighted by atomic mass is 10.1. The molecule has 0 radical (unpaired) electrons. The molecule has 2 aromatic rings. The van der Waals surface area contributed by atoms with Crippen molar-refractivity contribution in [2.45, 2.75) is 6.18 Å². The molecule has 100 valence electrons. The zero-order valence-corrected chi connectivity index (χ0v) is 9.65. The van der Waals surface area contributed by atoms with Crippen LogP contribution in [0.4, 0.5) is 13.2 Å². The number of rotatable bonds is 2. The number of aromatic nitrogens is 1. The molecule has 0 aliphatic rings. The van der Waals surface area contributed by atoms with E-state index in [1.807, 2.05) is 0 Å². The number of carboxylic acid groups (broad SMARTS) is 1. The first-order valence-corrected chi connectivity index (χ1v) is 5.11. The summed E-state index contributed by atoms with van der Waals surface area (Å²) < 4.78 is 42.6. The number of benzene rings is 1. The summed E-state index contributed by atoms with van der Waals surface area (Å²) in [4.78, 5) is 14.6. The van der Waals surface area contributed by atoms with Gasteiger partial charge in [0.15, 0.2) is 0 Å². The average molecular weight is 271 g/mol. The second kappa shape index (κ2) is 4.42. The van der Waals surface area contributed by atoms with E-state index in [1.165, 1.54) is 13.2 Å². The van der Waals surface area contributed by atoms with Crippen molar-refractivity contribution in [3.8, 4) is 5.75 Å². The topological polar surface area (TPSA) is 59.4 Å². The summed E-state index contributed by atoms with van der Waals surface area (Å²) in [6, 6.07) is 3.19. The van der Waals surface area contributed by atoms with Crippen molar-refractivity contribution in [3.63, 3.8) is 0 Å². The van der Waals surface area contributed by atoms with Gasteiger partial charge < -0.3 is 9.84 Å². The number of nitrogens with zero attached hydrogens (tertiary/aromatic N) is 1. The van der Waals surface area contributed by atoms with Crippen LogP contribution < -0.4 is 4.74 Å². The van der Waals surface area contributed by atoms with E-state index in [4.69, 9.17) is 9.84 Å². The number of alkyl halides is 3. The molecule has 1 heterocycles.